The van der Waals surface area contributed by atoms with Crippen LogP contribution in [-0.2, 0) is 12.8 Å². The average Bonchev–Trinajstić information content (AvgIpc) is 2.92. The number of pyridine rings is 1. The maximum atomic E-state index is 12.5. The number of hydrogen-bond acceptors (Lipinski definition) is 7. The van der Waals surface area contributed by atoms with Crippen LogP contribution in [0.1, 0.15) is 32.0 Å². The minimum absolute atomic E-state index is 0.227. The van der Waals surface area contributed by atoms with E-state index in [1.165, 1.54) is 12.3 Å². The average molecular weight is 494 g/mol. The van der Waals surface area contributed by atoms with Crippen LogP contribution in [0, 0.1) is 0 Å². The molecule has 0 unspecified atom stereocenters. The van der Waals surface area contributed by atoms with E-state index in [1.54, 1.807) is 34.5 Å². The quantitative estimate of drug-likeness (QED) is 0.399. The van der Waals surface area contributed by atoms with E-state index >= 15 is 0 Å². The summed E-state index contributed by atoms with van der Waals surface area (Å²) in [4.78, 5) is 29.1. The lowest BCUT2D eigenvalue weighted by Crippen LogP contribution is -2.28. The molecule has 3 aromatic rings. The van der Waals surface area contributed by atoms with Crippen molar-refractivity contribution >= 4 is 11.8 Å². The molecule has 0 aliphatic rings. The predicted octanol–water partition coefficient (Wildman–Crippen LogP) is 3.06. The van der Waals surface area contributed by atoms with Crippen LogP contribution in [0.25, 0.3) is 0 Å². The fourth-order valence-corrected chi connectivity index (χ4v) is 3.78. The Labute approximate surface area is 210 Å². The molecular formula is C27H31N3O6. The molecule has 0 aliphatic carbocycles. The topological polar surface area (TPSA) is 108 Å². The zero-order chi connectivity index (χ0) is 25.9. The lowest BCUT2D eigenvalue weighted by molar-refractivity contribution is 0.0938. The van der Waals surface area contributed by atoms with E-state index < -0.39 is 0 Å². The molecule has 2 N–H and O–H groups in total. The summed E-state index contributed by atoms with van der Waals surface area (Å²) in [7, 11) is 6.32. The molecule has 9 heteroatoms. The second kappa shape index (κ2) is 13.0. The first kappa shape index (κ1) is 26.3. The maximum Gasteiger partial charge on any atom is 0.269 e. The molecule has 2 aromatic carbocycles. The summed E-state index contributed by atoms with van der Waals surface area (Å²) in [6.07, 6.45) is 2.52. The number of ether oxygens (including phenoxy) is 4. The highest BCUT2D eigenvalue weighted by molar-refractivity contribution is 5.96. The molecule has 36 heavy (non-hydrogen) atoms. The normalized spacial score (nSPS) is 10.3. The Morgan fingerprint density at radius 3 is 1.67 bits per heavy atom. The number of hydrogen-bond donors (Lipinski definition) is 2. The molecule has 1 heterocycles. The van der Waals surface area contributed by atoms with Crippen molar-refractivity contribution in [2.45, 2.75) is 12.8 Å². The molecule has 0 fully saturated rings. The molecule has 3 rings (SSSR count). The summed E-state index contributed by atoms with van der Waals surface area (Å²) in [5, 5.41) is 5.70. The smallest absolute Gasteiger partial charge is 0.269 e. The molecule has 190 valence electrons. The Morgan fingerprint density at radius 2 is 1.22 bits per heavy atom. The molecule has 0 saturated carbocycles. The van der Waals surface area contributed by atoms with Gasteiger partial charge in [0.1, 0.15) is 5.69 Å². The van der Waals surface area contributed by atoms with Gasteiger partial charge in [-0.1, -0.05) is 24.3 Å². The van der Waals surface area contributed by atoms with Gasteiger partial charge in [0.25, 0.3) is 11.8 Å². The van der Waals surface area contributed by atoms with Gasteiger partial charge in [-0.15, -0.1) is 0 Å². The van der Waals surface area contributed by atoms with Crippen molar-refractivity contribution in [3.05, 3.63) is 77.1 Å². The lowest BCUT2D eigenvalue weighted by atomic mass is 10.1. The molecule has 0 atom stereocenters. The third-order valence-corrected chi connectivity index (χ3v) is 5.59. The number of rotatable bonds is 12. The van der Waals surface area contributed by atoms with Crippen molar-refractivity contribution < 1.29 is 28.5 Å². The van der Waals surface area contributed by atoms with Crippen molar-refractivity contribution in [1.29, 1.82) is 0 Å². The Balaban J connectivity index is 1.50. The van der Waals surface area contributed by atoms with Gasteiger partial charge >= 0.3 is 0 Å². The Hall–Kier alpha value is -4.27. The standard InChI is InChI=1S/C27H31N3O6/c1-33-22-9-5-7-18(24(22)35-3)13-15-28-26(31)20-11-12-21(30-17-20)27(32)29-16-14-19-8-6-10-23(34-2)25(19)36-4/h5-12,17H,13-16H2,1-4H3,(H,28,31)(H,29,32). The number of methoxy groups -OCH3 is 4. The fourth-order valence-electron chi connectivity index (χ4n) is 3.78. The van der Waals surface area contributed by atoms with Crippen molar-refractivity contribution in [2.75, 3.05) is 41.5 Å². The number of aromatic nitrogens is 1. The van der Waals surface area contributed by atoms with E-state index in [2.05, 4.69) is 15.6 Å². The van der Waals surface area contributed by atoms with Crippen LogP contribution < -0.4 is 29.6 Å². The Kier molecular flexibility index (Phi) is 9.50. The van der Waals surface area contributed by atoms with Crippen LogP contribution in [0.15, 0.2) is 54.7 Å². The van der Waals surface area contributed by atoms with Crippen LogP contribution in [-0.4, -0.2) is 58.3 Å². The van der Waals surface area contributed by atoms with Gasteiger partial charge in [0.2, 0.25) is 0 Å². The SMILES string of the molecule is COc1cccc(CCNC(=O)c2ccc(C(=O)NCCc3cccc(OC)c3OC)nc2)c1OC. The van der Waals surface area contributed by atoms with Gasteiger partial charge in [0, 0.05) is 19.3 Å². The first-order valence-corrected chi connectivity index (χ1v) is 11.4. The van der Waals surface area contributed by atoms with Crippen molar-refractivity contribution in [1.82, 2.24) is 15.6 Å². The maximum absolute atomic E-state index is 12.5. The third kappa shape index (κ3) is 6.44. The zero-order valence-corrected chi connectivity index (χ0v) is 20.9. The Morgan fingerprint density at radius 1 is 0.694 bits per heavy atom. The predicted molar refractivity (Wildman–Crippen MR) is 135 cm³/mol. The van der Waals surface area contributed by atoms with Gasteiger partial charge in [-0.05, 0) is 48.2 Å². The van der Waals surface area contributed by atoms with Gasteiger partial charge in [0.15, 0.2) is 23.0 Å². The largest absolute Gasteiger partial charge is 0.493 e. The van der Waals surface area contributed by atoms with Crippen LogP contribution in [0.4, 0.5) is 0 Å². The first-order chi connectivity index (χ1) is 17.5. The van der Waals surface area contributed by atoms with Crippen molar-refractivity contribution in [3.8, 4) is 23.0 Å². The summed E-state index contributed by atoms with van der Waals surface area (Å²) in [6.45, 7) is 0.790. The molecule has 0 bridgehead atoms. The van der Waals surface area contributed by atoms with Crippen LogP contribution >= 0.6 is 0 Å². The molecule has 2 amide bonds. The molecule has 0 aliphatic heterocycles. The first-order valence-electron chi connectivity index (χ1n) is 11.4. The number of nitrogens with zero attached hydrogens (tertiary/aromatic N) is 1. The number of carbonyl (C=O) groups excluding carboxylic acids is 2. The van der Waals surface area contributed by atoms with E-state index in [0.29, 0.717) is 54.5 Å². The highest BCUT2D eigenvalue weighted by Gasteiger charge is 2.13. The molecular weight excluding hydrogens is 462 g/mol. The van der Waals surface area contributed by atoms with E-state index in [0.717, 1.165) is 11.1 Å². The van der Waals surface area contributed by atoms with Crippen LogP contribution in [0.5, 0.6) is 23.0 Å². The third-order valence-electron chi connectivity index (χ3n) is 5.59. The summed E-state index contributed by atoms with van der Waals surface area (Å²) < 4.78 is 21.5. The van der Waals surface area contributed by atoms with Gasteiger partial charge in [-0.25, -0.2) is 0 Å². The monoisotopic (exact) mass is 493 g/mol. The minimum atomic E-state index is -0.325. The summed E-state index contributed by atoms with van der Waals surface area (Å²) in [5.41, 5.74) is 2.44. The molecule has 0 radical (unpaired) electrons. The number of para-hydroxylation sites is 2. The van der Waals surface area contributed by atoms with Gasteiger partial charge in [-0.2, -0.15) is 0 Å². The number of nitrogens with one attached hydrogen (secondary N) is 2. The molecule has 0 spiro atoms. The number of carbonyl (C=O) groups is 2. The Bertz CT molecular complexity index is 1090. The molecule has 0 saturated heterocycles. The van der Waals surface area contributed by atoms with Gasteiger partial charge < -0.3 is 29.6 Å². The summed E-state index contributed by atoms with van der Waals surface area (Å²) in [5.74, 6) is 1.97. The summed E-state index contributed by atoms with van der Waals surface area (Å²) >= 11 is 0. The molecule has 9 nitrogen and oxygen atoms in total. The lowest BCUT2D eigenvalue weighted by Gasteiger charge is -2.13. The number of benzene rings is 2. The highest BCUT2D eigenvalue weighted by atomic mass is 16.5. The van der Waals surface area contributed by atoms with E-state index in [-0.39, 0.29) is 17.5 Å². The van der Waals surface area contributed by atoms with Crippen molar-refractivity contribution in [2.24, 2.45) is 0 Å². The minimum Gasteiger partial charge on any atom is -0.493 e. The second-order valence-electron chi connectivity index (χ2n) is 7.75. The van der Waals surface area contributed by atoms with Crippen molar-refractivity contribution in [3.63, 3.8) is 0 Å². The zero-order valence-electron chi connectivity index (χ0n) is 20.9. The fraction of sp³-hybridized carbons (Fsp3) is 0.296. The highest BCUT2D eigenvalue weighted by Crippen LogP contribution is 2.31. The second-order valence-corrected chi connectivity index (χ2v) is 7.75. The van der Waals surface area contributed by atoms with Crippen LogP contribution in [0.2, 0.25) is 0 Å². The van der Waals surface area contributed by atoms with E-state index in [4.69, 9.17) is 18.9 Å². The van der Waals surface area contributed by atoms with E-state index in [9.17, 15) is 9.59 Å². The van der Waals surface area contributed by atoms with Crippen LogP contribution in [0.3, 0.4) is 0 Å². The summed E-state index contributed by atoms with van der Waals surface area (Å²) in [6, 6.07) is 14.3. The van der Waals surface area contributed by atoms with Gasteiger partial charge in [0.05, 0.1) is 34.0 Å². The molecule has 1 aromatic heterocycles. The number of amides is 2. The van der Waals surface area contributed by atoms with Gasteiger partial charge in [-0.3, -0.25) is 14.6 Å². The van der Waals surface area contributed by atoms with E-state index in [1.807, 2.05) is 36.4 Å².